The molecule has 0 aromatic heterocycles. The summed E-state index contributed by atoms with van der Waals surface area (Å²) in [7, 11) is 0. The largest absolute Gasteiger partial charge is 0.481 e. The summed E-state index contributed by atoms with van der Waals surface area (Å²) >= 11 is 0. The number of aliphatic carboxylic acids is 1. The minimum Gasteiger partial charge on any atom is -0.481 e. The van der Waals surface area contributed by atoms with Gasteiger partial charge in [0.05, 0.1) is 5.92 Å². The third kappa shape index (κ3) is 11.5. The maximum atomic E-state index is 9.70. The van der Waals surface area contributed by atoms with Gasteiger partial charge in [0.2, 0.25) is 0 Å². The van der Waals surface area contributed by atoms with Gasteiger partial charge in [-0.15, -0.1) is 0 Å². The third-order valence-corrected chi connectivity index (χ3v) is 2.13. The molecule has 4 nitrogen and oxygen atoms in total. The summed E-state index contributed by atoms with van der Waals surface area (Å²) in [5.74, 6) is -0.679. The average Bonchev–Trinajstić information content (AvgIpc) is 2.18. The molecule has 0 fully saturated rings. The van der Waals surface area contributed by atoms with Gasteiger partial charge in [0.1, 0.15) is 0 Å². The van der Waals surface area contributed by atoms with Gasteiger partial charge >= 0.3 is 5.97 Å². The van der Waals surface area contributed by atoms with E-state index >= 15 is 0 Å². The van der Waals surface area contributed by atoms with Crippen LogP contribution < -0.4 is 0 Å². The second kappa shape index (κ2) is 8.53. The van der Waals surface area contributed by atoms with Crippen LogP contribution in [0.3, 0.4) is 0 Å². The lowest BCUT2D eigenvalue weighted by Crippen LogP contribution is -2.21. The van der Waals surface area contributed by atoms with Crippen LogP contribution in [0.25, 0.3) is 0 Å². The maximum Gasteiger partial charge on any atom is 0.305 e. The van der Waals surface area contributed by atoms with E-state index in [0.29, 0.717) is 5.92 Å². The van der Waals surface area contributed by atoms with Crippen molar-refractivity contribution in [2.75, 3.05) is 13.2 Å². The van der Waals surface area contributed by atoms with Crippen LogP contribution in [0, 0.1) is 17.3 Å². The SMILES string of the molecule is CC(C)C(=O)O.CC(CO)CC(C)(C)CO. The van der Waals surface area contributed by atoms with Gasteiger partial charge in [-0.1, -0.05) is 34.6 Å². The molecule has 0 radical (unpaired) electrons. The van der Waals surface area contributed by atoms with Crippen molar-refractivity contribution in [3.8, 4) is 0 Å². The van der Waals surface area contributed by atoms with Crippen LogP contribution in [0.4, 0.5) is 0 Å². The Balaban J connectivity index is 0. The molecule has 0 saturated heterocycles. The first-order chi connectivity index (χ1) is 7.16. The highest BCUT2D eigenvalue weighted by Crippen LogP contribution is 2.23. The van der Waals surface area contributed by atoms with Crippen molar-refractivity contribution in [3.05, 3.63) is 0 Å². The number of carboxylic acids is 1. The maximum absolute atomic E-state index is 9.70. The molecule has 0 bridgehead atoms. The molecule has 0 rings (SSSR count). The lowest BCUT2D eigenvalue weighted by atomic mass is 9.84. The number of hydrogen-bond donors (Lipinski definition) is 3. The summed E-state index contributed by atoms with van der Waals surface area (Å²) in [5.41, 5.74) is -0.0395. The molecule has 0 amide bonds. The Morgan fingerprint density at radius 3 is 1.75 bits per heavy atom. The van der Waals surface area contributed by atoms with E-state index in [1.807, 2.05) is 20.8 Å². The third-order valence-electron chi connectivity index (χ3n) is 2.13. The summed E-state index contributed by atoms with van der Waals surface area (Å²) in [6.45, 7) is 9.67. The van der Waals surface area contributed by atoms with Crippen LogP contribution in [-0.2, 0) is 4.79 Å². The van der Waals surface area contributed by atoms with Crippen LogP contribution in [0.1, 0.15) is 41.0 Å². The summed E-state index contributed by atoms with van der Waals surface area (Å²) in [4.78, 5) is 9.70. The highest BCUT2D eigenvalue weighted by molar-refractivity contribution is 5.68. The second-order valence-electron chi connectivity index (χ2n) is 5.31. The Labute approximate surface area is 98.3 Å². The first-order valence-electron chi connectivity index (χ1n) is 5.60. The van der Waals surface area contributed by atoms with Gasteiger partial charge in [0, 0.05) is 13.2 Å². The van der Waals surface area contributed by atoms with Crippen LogP contribution in [0.15, 0.2) is 0 Å². The molecule has 98 valence electrons. The number of carboxylic acid groups (broad SMARTS) is 1. The molecule has 0 aliphatic carbocycles. The molecular formula is C12H26O4. The molecule has 0 saturated carbocycles. The quantitative estimate of drug-likeness (QED) is 0.677. The number of carbonyl (C=O) groups is 1. The topological polar surface area (TPSA) is 77.8 Å². The second-order valence-corrected chi connectivity index (χ2v) is 5.31. The highest BCUT2D eigenvalue weighted by Gasteiger charge is 2.19. The number of hydrogen-bond acceptors (Lipinski definition) is 3. The van der Waals surface area contributed by atoms with Gasteiger partial charge in [-0.2, -0.15) is 0 Å². The van der Waals surface area contributed by atoms with Crippen molar-refractivity contribution in [1.82, 2.24) is 0 Å². The van der Waals surface area contributed by atoms with Gasteiger partial charge in [-0.25, -0.2) is 0 Å². The normalized spacial score (nSPS) is 13.0. The minimum absolute atomic E-state index is 0.0395. The lowest BCUT2D eigenvalue weighted by Gasteiger charge is -2.24. The summed E-state index contributed by atoms with van der Waals surface area (Å²) in [5, 5.41) is 25.6. The summed E-state index contributed by atoms with van der Waals surface area (Å²) < 4.78 is 0. The molecule has 0 aromatic carbocycles. The molecule has 1 unspecified atom stereocenters. The molecule has 0 spiro atoms. The van der Waals surface area contributed by atoms with E-state index in [2.05, 4.69) is 0 Å². The first kappa shape index (κ1) is 17.8. The average molecular weight is 234 g/mol. The van der Waals surface area contributed by atoms with Crippen molar-refractivity contribution in [1.29, 1.82) is 0 Å². The molecular weight excluding hydrogens is 208 g/mol. The zero-order chi connectivity index (χ0) is 13.4. The fourth-order valence-electron chi connectivity index (χ4n) is 1.07. The molecule has 0 aromatic rings. The van der Waals surface area contributed by atoms with E-state index in [4.69, 9.17) is 15.3 Å². The molecule has 3 N–H and O–H groups in total. The fraction of sp³-hybridized carbons (Fsp3) is 0.917. The Morgan fingerprint density at radius 2 is 1.56 bits per heavy atom. The van der Waals surface area contributed by atoms with E-state index < -0.39 is 5.97 Å². The number of aliphatic hydroxyl groups excluding tert-OH is 2. The fourth-order valence-corrected chi connectivity index (χ4v) is 1.07. The number of aliphatic hydroxyl groups is 2. The lowest BCUT2D eigenvalue weighted by molar-refractivity contribution is -0.140. The Morgan fingerprint density at radius 1 is 1.19 bits per heavy atom. The summed E-state index contributed by atoms with van der Waals surface area (Å²) in [6.07, 6.45) is 0.875. The van der Waals surface area contributed by atoms with Gasteiger partial charge < -0.3 is 15.3 Å². The summed E-state index contributed by atoms with van der Waals surface area (Å²) in [6, 6.07) is 0. The zero-order valence-corrected chi connectivity index (χ0v) is 11.0. The van der Waals surface area contributed by atoms with Gasteiger partial charge in [-0.05, 0) is 17.8 Å². The minimum atomic E-state index is -0.741. The molecule has 4 heteroatoms. The predicted octanol–water partition coefficient (Wildman–Crippen LogP) is 1.75. The van der Waals surface area contributed by atoms with Crippen molar-refractivity contribution in [2.24, 2.45) is 17.3 Å². The zero-order valence-electron chi connectivity index (χ0n) is 11.0. The molecule has 0 heterocycles. The molecule has 1 atom stereocenters. The number of rotatable bonds is 5. The van der Waals surface area contributed by atoms with Gasteiger partial charge in [0.25, 0.3) is 0 Å². The smallest absolute Gasteiger partial charge is 0.305 e. The Hall–Kier alpha value is -0.610. The van der Waals surface area contributed by atoms with Gasteiger partial charge in [0.15, 0.2) is 0 Å². The highest BCUT2D eigenvalue weighted by atomic mass is 16.4. The molecule has 0 aliphatic heterocycles. The molecule has 16 heavy (non-hydrogen) atoms. The van der Waals surface area contributed by atoms with Gasteiger partial charge in [-0.3, -0.25) is 4.79 Å². The van der Waals surface area contributed by atoms with E-state index in [1.165, 1.54) is 0 Å². The molecule has 0 aliphatic rings. The van der Waals surface area contributed by atoms with Crippen molar-refractivity contribution in [2.45, 2.75) is 41.0 Å². The van der Waals surface area contributed by atoms with Crippen LogP contribution in [0.2, 0.25) is 0 Å². The van der Waals surface area contributed by atoms with E-state index in [0.717, 1.165) is 6.42 Å². The van der Waals surface area contributed by atoms with E-state index in [1.54, 1.807) is 13.8 Å². The van der Waals surface area contributed by atoms with E-state index in [-0.39, 0.29) is 24.5 Å². The monoisotopic (exact) mass is 234 g/mol. The van der Waals surface area contributed by atoms with Crippen LogP contribution in [0.5, 0.6) is 0 Å². The predicted molar refractivity (Wildman–Crippen MR) is 64.2 cm³/mol. The standard InChI is InChI=1S/C8H18O2.C4H8O2/c1-7(5-9)4-8(2,3)6-10;1-3(2)4(5)6/h7,9-10H,4-6H2,1-3H3;3H,1-2H3,(H,5,6). The van der Waals surface area contributed by atoms with E-state index in [9.17, 15) is 4.79 Å². The van der Waals surface area contributed by atoms with Crippen molar-refractivity contribution in [3.63, 3.8) is 0 Å². The Kier molecular flexibility index (Phi) is 9.48. The van der Waals surface area contributed by atoms with Crippen LogP contribution >= 0.6 is 0 Å². The Bertz CT molecular complexity index is 187. The van der Waals surface area contributed by atoms with Crippen molar-refractivity contribution >= 4 is 5.97 Å². The van der Waals surface area contributed by atoms with Crippen molar-refractivity contribution < 1.29 is 20.1 Å². The van der Waals surface area contributed by atoms with Crippen LogP contribution in [-0.4, -0.2) is 34.5 Å². The first-order valence-corrected chi connectivity index (χ1v) is 5.60.